The maximum absolute atomic E-state index is 14.0. The van der Waals surface area contributed by atoms with Gasteiger partial charge in [-0.25, -0.2) is 4.68 Å². The molecule has 8 N–H and O–H groups in total. The fourth-order valence-corrected chi connectivity index (χ4v) is 7.80. The van der Waals surface area contributed by atoms with E-state index in [0.717, 1.165) is 15.8 Å². The molecule has 1 saturated carbocycles. The van der Waals surface area contributed by atoms with Gasteiger partial charge in [-0.1, -0.05) is 26.0 Å². The number of fused-ring (bicyclic) bond motifs is 2. The zero-order valence-corrected chi connectivity index (χ0v) is 31.7. The van der Waals surface area contributed by atoms with E-state index >= 15 is 0 Å². The van der Waals surface area contributed by atoms with Gasteiger partial charge in [-0.15, -0.1) is 0 Å². The van der Waals surface area contributed by atoms with Crippen molar-refractivity contribution >= 4 is 46.2 Å². The number of esters is 1. The summed E-state index contributed by atoms with van der Waals surface area (Å²) in [6.07, 6.45) is -0.239. The number of Topliss-reactive ketones (excluding diaryl/α,β-unsaturated/α-hetero) is 1. The third kappa shape index (κ3) is 8.45. The Labute approximate surface area is 329 Å². The van der Waals surface area contributed by atoms with Gasteiger partial charge < -0.3 is 31.8 Å². The Bertz CT molecular complexity index is 2480. The summed E-state index contributed by atoms with van der Waals surface area (Å²) in [5.41, 5.74) is 12.0. The highest BCUT2D eigenvalue weighted by Gasteiger charge is 2.45. The van der Waals surface area contributed by atoms with Gasteiger partial charge in [-0.05, 0) is 91.8 Å². The number of H-pyrrole nitrogens is 2. The molecular weight excluding hydrogens is 759 g/mol. The van der Waals surface area contributed by atoms with Crippen LogP contribution < -0.4 is 27.7 Å². The van der Waals surface area contributed by atoms with E-state index in [1.165, 1.54) is 18.2 Å². The molecule has 2 aromatic carbocycles. The predicted molar refractivity (Wildman–Crippen MR) is 207 cm³/mol. The maximum Gasteiger partial charge on any atom is 0.435 e. The SMILES string of the molecule is CC1(C)CC(=O)c2c(C(F)(F)F)nn(-c3ccc(C(N)=O)c(NC4CCC(OC(=O)CNC(=O)c5ccc(CCc6c[nH]c7nc(N)[nH]c(=O)c67)cc5)CC4)c3)c2C1. The molecule has 0 aliphatic heterocycles. The monoisotopic (exact) mass is 801 g/mol. The highest BCUT2D eigenvalue weighted by Crippen LogP contribution is 2.42. The number of benzene rings is 2. The minimum Gasteiger partial charge on any atom is -0.461 e. The van der Waals surface area contributed by atoms with Crippen LogP contribution in [0.15, 0.2) is 53.5 Å². The highest BCUT2D eigenvalue weighted by molar-refractivity contribution is 6.01. The first-order valence-electron chi connectivity index (χ1n) is 18.8. The Morgan fingerprint density at radius 3 is 2.43 bits per heavy atom. The third-order valence-corrected chi connectivity index (χ3v) is 10.6. The fourth-order valence-electron chi connectivity index (χ4n) is 7.80. The van der Waals surface area contributed by atoms with E-state index in [2.05, 4.69) is 30.7 Å². The van der Waals surface area contributed by atoms with Crippen molar-refractivity contribution < 1.29 is 37.1 Å². The number of ketones is 1. The molecule has 2 amide bonds. The average molecular weight is 802 g/mol. The van der Waals surface area contributed by atoms with Crippen molar-refractivity contribution in [1.29, 1.82) is 0 Å². The van der Waals surface area contributed by atoms with E-state index in [1.807, 2.05) is 13.8 Å². The number of hydrogen-bond donors (Lipinski definition) is 6. The lowest BCUT2D eigenvalue weighted by Gasteiger charge is -2.30. The van der Waals surface area contributed by atoms with Gasteiger partial charge in [0.05, 0.1) is 27.9 Å². The van der Waals surface area contributed by atoms with Crippen LogP contribution in [0.4, 0.5) is 24.8 Å². The van der Waals surface area contributed by atoms with Crippen LogP contribution in [0.5, 0.6) is 0 Å². The number of carbonyl (C=O) groups excluding carboxylic acids is 4. The van der Waals surface area contributed by atoms with E-state index < -0.39 is 52.5 Å². The number of aryl methyl sites for hydroxylation is 2. The second kappa shape index (κ2) is 15.5. The molecule has 0 spiro atoms. The second-order valence-electron chi connectivity index (χ2n) is 15.6. The molecule has 1 fully saturated rings. The number of nitrogen functional groups attached to an aromatic ring is 1. The maximum atomic E-state index is 14.0. The lowest BCUT2D eigenvalue weighted by atomic mass is 9.75. The van der Waals surface area contributed by atoms with Crippen molar-refractivity contribution in [2.45, 2.75) is 83.5 Å². The van der Waals surface area contributed by atoms with E-state index in [4.69, 9.17) is 16.2 Å². The van der Waals surface area contributed by atoms with Crippen LogP contribution in [-0.2, 0) is 35.0 Å². The van der Waals surface area contributed by atoms with Crippen LogP contribution in [-0.4, -0.2) is 67.0 Å². The number of primary amides is 1. The molecule has 0 radical (unpaired) electrons. The molecule has 2 aliphatic carbocycles. The summed E-state index contributed by atoms with van der Waals surface area (Å²) in [7, 11) is 0. The van der Waals surface area contributed by atoms with Gasteiger partial charge >= 0.3 is 12.1 Å². The van der Waals surface area contributed by atoms with Crippen LogP contribution in [0.1, 0.15) is 99.5 Å². The predicted octanol–water partition coefficient (Wildman–Crippen LogP) is 4.77. The minimum absolute atomic E-state index is 0.0297. The number of nitrogens with zero attached hydrogens (tertiary/aromatic N) is 3. The van der Waals surface area contributed by atoms with Gasteiger partial charge in [-0.3, -0.25) is 29.0 Å². The summed E-state index contributed by atoms with van der Waals surface area (Å²) >= 11 is 0. The van der Waals surface area contributed by atoms with E-state index in [1.54, 1.807) is 30.5 Å². The van der Waals surface area contributed by atoms with Crippen LogP contribution >= 0.6 is 0 Å². The molecule has 7 rings (SSSR count). The topological polar surface area (TPSA) is 233 Å². The molecule has 0 bridgehead atoms. The largest absolute Gasteiger partial charge is 0.461 e. The molecular formula is C40H42F3N9O6. The summed E-state index contributed by atoms with van der Waals surface area (Å²) < 4.78 is 48.9. The molecule has 304 valence electrons. The number of hydrogen-bond acceptors (Lipinski definition) is 10. The molecule has 2 aliphatic rings. The Morgan fingerprint density at radius 1 is 1.02 bits per heavy atom. The molecule has 15 nitrogen and oxygen atoms in total. The first-order valence-corrected chi connectivity index (χ1v) is 18.8. The lowest BCUT2D eigenvalue weighted by Crippen LogP contribution is -2.35. The zero-order chi connectivity index (χ0) is 41.5. The Balaban J connectivity index is 0.917. The smallest absolute Gasteiger partial charge is 0.435 e. The molecule has 0 atom stereocenters. The highest BCUT2D eigenvalue weighted by atomic mass is 19.4. The molecule has 0 unspecified atom stereocenters. The third-order valence-electron chi connectivity index (χ3n) is 10.6. The molecule has 5 aromatic rings. The number of rotatable bonds is 11. The number of nitrogens with one attached hydrogen (secondary N) is 4. The van der Waals surface area contributed by atoms with E-state index in [9.17, 15) is 37.1 Å². The first kappa shape index (κ1) is 39.8. The fraction of sp³-hybridized carbons (Fsp3) is 0.375. The lowest BCUT2D eigenvalue weighted by molar-refractivity contribution is -0.149. The van der Waals surface area contributed by atoms with Crippen LogP contribution in [0.2, 0.25) is 0 Å². The average Bonchev–Trinajstić information content (AvgIpc) is 3.75. The van der Waals surface area contributed by atoms with Gasteiger partial charge in [0, 0.05) is 29.9 Å². The van der Waals surface area contributed by atoms with Crippen molar-refractivity contribution in [3.8, 4) is 5.69 Å². The Hall–Kier alpha value is -6.46. The Kier molecular flexibility index (Phi) is 10.6. The molecule has 3 heterocycles. The first-order chi connectivity index (χ1) is 27.5. The number of ether oxygens (including phenoxy) is 1. The summed E-state index contributed by atoms with van der Waals surface area (Å²) in [5, 5.41) is 10.2. The number of aromatic amines is 2. The van der Waals surface area contributed by atoms with Crippen LogP contribution in [0.25, 0.3) is 16.7 Å². The molecule has 58 heavy (non-hydrogen) atoms. The van der Waals surface area contributed by atoms with Crippen molar-refractivity contribution in [2.75, 3.05) is 17.6 Å². The summed E-state index contributed by atoms with van der Waals surface area (Å²) in [5.74, 6) is -2.38. The number of amides is 2. The van der Waals surface area contributed by atoms with Crippen LogP contribution in [0, 0.1) is 5.41 Å². The number of aromatic nitrogens is 5. The van der Waals surface area contributed by atoms with Gasteiger partial charge in [0.15, 0.2) is 11.5 Å². The number of nitrogens with two attached hydrogens (primary N) is 2. The van der Waals surface area contributed by atoms with Crippen molar-refractivity contribution in [1.82, 2.24) is 30.0 Å². The molecule has 0 saturated heterocycles. The summed E-state index contributed by atoms with van der Waals surface area (Å²) in [6.45, 7) is 3.28. The molecule has 18 heteroatoms. The number of anilines is 2. The van der Waals surface area contributed by atoms with E-state index in [0.29, 0.717) is 60.8 Å². The standard InChI is InChI=1S/C40H42F3N9O6/c1-39(2)16-28-32(29(53)17-39)33(40(41,42)43)51-52(28)24-11-14-26(34(44)55)27(15-24)48-23-9-12-25(13-10-23)58-30(54)19-47-36(56)21-6-3-20(4-7-21)5-8-22-18-46-35-31(22)37(57)50-38(45)49-35/h3-4,6-7,11,14-15,18,23,25,48H,5,8-10,12-13,16-17,19H2,1-2H3,(H2,44,55)(H,47,56)(H4,45,46,49,50,57). The minimum atomic E-state index is -4.84. The second-order valence-corrected chi connectivity index (χ2v) is 15.6. The van der Waals surface area contributed by atoms with Gasteiger partial charge in [-0.2, -0.15) is 23.3 Å². The van der Waals surface area contributed by atoms with Crippen molar-refractivity contribution in [2.24, 2.45) is 11.1 Å². The normalized spacial score (nSPS) is 17.8. The zero-order valence-electron chi connectivity index (χ0n) is 31.7. The van der Waals surface area contributed by atoms with Crippen LogP contribution in [0.3, 0.4) is 0 Å². The summed E-state index contributed by atoms with van der Waals surface area (Å²) in [4.78, 5) is 72.7. The Morgan fingerprint density at radius 2 is 1.74 bits per heavy atom. The number of halogens is 3. The van der Waals surface area contributed by atoms with Gasteiger partial charge in [0.25, 0.3) is 17.4 Å². The quantitative estimate of drug-likeness (QED) is 0.100. The number of carbonyl (C=O) groups is 4. The van der Waals surface area contributed by atoms with E-state index in [-0.39, 0.29) is 53.9 Å². The van der Waals surface area contributed by atoms with Gasteiger partial charge in [0.2, 0.25) is 5.95 Å². The van der Waals surface area contributed by atoms with Crippen molar-refractivity contribution in [3.05, 3.63) is 98.2 Å². The van der Waals surface area contributed by atoms with Crippen molar-refractivity contribution in [3.63, 3.8) is 0 Å². The number of alkyl halides is 3. The van der Waals surface area contributed by atoms with Gasteiger partial charge in [0.1, 0.15) is 18.3 Å². The summed E-state index contributed by atoms with van der Waals surface area (Å²) in [6, 6.07) is 11.1. The molecule has 3 aromatic heterocycles.